The van der Waals surface area contributed by atoms with Gasteiger partial charge in [0.2, 0.25) is 0 Å². The molecule has 0 rings (SSSR count). The van der Waals surface area contributed by atoms with E-state index in [2.05, 4.69) is 0 Å². The van der Waals surface area contributed by atoms with Crippen molar-refractivity contribution in [2.24, 2.45) is 0 Å². The van der Waals surface area contributed by atoms with Crippen molar-refractivity contribution in [3.63, 3.8) is 0 Å². The van der Waals surface area contributed by atoms with Crippen LogP contribution < -0.4 is 0 Å². The molecule has 0 fully saturated rings. The predicted molar refractivity (Wildman–Crippen MR) is 29.2 cm³/mol. The maximum Gasteiger partial charge on any atom is 3.00 e. The molecule has 0 saturated heterocycles. The van der Waals surface area contributed by atoms with Crippen LogP contribution in [0, 0.1) is 22.3 Å². The van der Waals surface area contributed by atoms with Gasteiger partial charge in [0.15, 0.2) is 0 Å². The molecule has 0 aliphatic carbocycles. The van der Waals surface area contributed by atoms with Crippen LogP contribution in [-0.4, -0.2) is 11.0 Å². The zero-order valence-electron chi connectivity index (χ0n) is 4.41. The molecule has 0 bridgehead atoms. The van der Waals surface area contributed by atoms with Gasteiger partial charge in [-0.1, -0.05) is 0 Å². The van der Waals surface area contributed by atoms with Crippen LogP contribution in [0.2, 0.25) is 0 Å². The normalized spacial score (nSPS) is 0. The fraction of sp³-hybridized carbons (Fsp3) is 0. The van der Waals surface area contributed by atoms with E-state index in [1.165, 1.54) is 0 Å². The van der Waals surface area contributed by atoms with Crippen LogP contribution in [0.5, 0.6) is 0 Å². The van der Waals surface area contributed by atoms with Crippen LogP contribution in [0.3, 0.4) is 0 Å². The van der Waals surface area contributed by atoms with E-state index >= 15 is 0 Å². The summed E-state index contributed by atoms with van der Waals surface area (Å²) in [6.45, 7) is 0. The van der Waals surface area contributed by atoms with Gasteiger partial charge in [0.1, 0.15) is 0 Å². The Morgan fingerprint density at radius 2 is 0.600 bits per heavy atom. The van der Waals surface area contributed by atoms with Crippen molar-refractivity contribution < 1.29 is 17.4 Å². The van der Waals surface area contributed by atoms with Crippen LogP contribution in [0.15, 0.2) is 0 Å². The van der Waals surface area contributed by atoms with E-state index in [1.807, 2.05) is 0 Å². The zero-order valence-corrected chi connectivity index (χ0v) is 7.68. The monoisotopic (exact) mass is 128 g/mol. The molecule has 0 spiro atoms. The van der Waals surface area contributed by atoms with E-state index in [1.54, 1.807) is 0 Å². The largest absolute Gasteiger partial charge is 3.00 e. The fourth-order valence-electron chi connectivity index (χ4n) is 0. The molecular formula is C3H12CrSi. The van der Waals surface area contributed by atoms with E-state index in [0.29, 0.717) is 0 Å². The minimum atomic E-state index is 0. The van der Waals surface area contributed by atoms with Gasteiger partial charge in [-0.15, -0.1) is 0 Å². The first kappa shape index (κ1) is 231. The Kier molecular flexibility index (Phi) is 5490. The standard InChI is InChI=1S/3CH3.Cr.H3Si/h3*1H3;;1H3/q3*-1;+3;. The Balaban J connectivity index is 0. The second-order valence-corrected chi connectivity index (χ2v) is 0. The molecule has 0 N–H and O–H groups in total. The summed E-state index contributed by atoms with van der Waals surface area (Å²) < 4.78 is 0. The summed E-state index contributed by atoms with van der Waals surface area (Å²) in [7, 11) is 0. The van der Waals surface area contributed by atoms with E-state index in [4.69, 9.17) is 0 Å². The molecular weight excluding hydrogens is 116 g/mol. The Hall–Kier alpha value is 0.749. The van der Waals surface area contributed by atoms with Gasteiger partial charge in [-0.25, -0.2) is 0 Å². The van der Waals surface area contributed by atoms with Crippen molar-refractivity contribution in [2.75, 3.05) is 0 Å². The Morgan fingerprint density at radius 3 is 0.600 bits per heavy atom. The minimum Gasteiger partial charge on any atom is -0.358 e. The smallest absolute Gasteiger partial charge is 0.358 e. The molecule has 0 amide bonds. The van der Waals surface area contributed by atoms with Crippen molar-refractivity contribution in [1.82, 2.24) is 0 Å². The molecule has 0 aliphatic heterocycles. The van der Waals surface area contributed by atoms with Crippen molar-refractivity contribution in [1.29, 1.82) is 0 Å². The summed E-state index contributed by atoms with van der Waals surface area (Å²) in [6, 6.07) is 0. The molecule has 0 atom stereocenters. The third-order valence-electron chi connectivity index (χ3n) is 0. The Bertz CT molecular complexity index is 6.85. The third kappa shape index (κ3) is 63.9. The second-order valence-electron chi connectivity index (χ2n) is 0. The third-order valence-corrected chi connectivity index (χ3v) is 0. The van der Waals surface area contributed by atoms with E-state index in [-0.39, 0.29) is 50.6 Å². The van der Waals surface area contributed by atoms with E-state index in [9.17, 15) is 0 Å². The van der Waals surface area contributed by atoms with Crippen LogP contribution in [0.4, 0.5) is 0 Å². The molecule has 34 valence electrons. The zero-order chi connectivity index (χ0) is 0. The van der Waals surface area contributed by atoms with E-state index < -0.39 is 0 Å². The molecule has 0 aromatic rings. The number of hydrogen-bond donors (Lipinski definition) is 0. The summed E-state index contributed by atoms with van der Waals surface area (Å²) in [5.74, 6) is 0. The van der Waals surface area contributed by atoms with Gasteiger partial charge in [0.05, 0.1) is 0 Å². The Morgan fingerprint density at radius 1 is 0.600 bits per heavy atom. The van der Waals surface area contributed by atoms with Gasteiger partial charge in [0, 0.05) is 0 Å². The van der Waals surface area contributed by atoms with Gasteiger partial charge < -0.3 is 22.3 Å². The van der Waals surface area contributed by atoms with Crippen LogP contribution in [0.25, 0.3) is 0 Å². The quantitative estimate of drug-likeness (QED) is 0.322. The second kappa shape index (κ2) is 119. The van der Waals surface area contributed by atoms with Crippen LogP contribution >= 0.6 is 0 Å². The average molecular weight is 128 g/mol. The van der Waals surface area contributed by atoms with Gasteiger partial charge in [-0.2, -0.15) is 0 Å². The maximum absolute atomic E-state index is 0. The summed E-state index contributed by atoms with van der Waals surface area (Å²) in [5, 5.41) is 0. The number of rotatable bonds is 0. The molecule has 0 nitrogen and oxygen atoms in total. The first-order valence-electron chi connectivity index (χ1n) is 0. The van der Waals surface area contributed by atoms with Crippen molar-refractivity contribution >= 4 is 11.0 Å². The fourth-order valence-corrected chi connectivity index (χ4v) is 0. The van der Waals surface area contributed by atoms with Crippen LogP contribution in [-0.2, 0) is 17.4 Å². The molecule has 0 unspecified atom stereocenters. The van der Waals surface area contributed by atoms with Crippen molar-refractivity contribution in [3.8, 4) is 0 Å². The minimum absolute atomic E-state index is 0. The molecule has 0 saturated carbocycles. The molecule has 5 heavy (non-hydrogen) atoms. The van der Waals surface area contributed by atoms with Gasteiger partial charge >= 0.3 is 17.4 Å². The van der Waals surface area contributed by atoms with E-state index in [0.717, 1.165) is 0 Å². The van der Waals surface area contributed by atoms with Crippen molar-refractivity contribution in [3.05, 3.63) is 22.3 Å². The maximum atomic E-state index is 0. The predicted octanol–water partition coefficient (Wildman–Crippen LogP) is 0.164. The first-order chi connectivity index (χ1) is 0. The van der Waals surface area contributed by atoms with Crippen LogP contribution in [0.1, 0.15) is 0 Å². The summed E-state index contributed by atoms with van der Waals surface area (Å²) in [4.78, 5) is 0. The molecule has 0 aliphatic rings. The van der Waals surface area contributed by atoms with Gasteiger partial charge in [-0.05, 0) is 11.0 Å². The summed E-state index contributed by atoms with van der Waals surface area (Å²) >= 11 is 0. The first-order valence-corrected chi connectivity index (χ1v) is 0. The SMILES string of the molecule is [CH3-].[CH3-].[CH3-].[Cr+3].[SiH3]. The molecule has 0 aromatic carbocycles. The molecule has 0 heterocycles. The molecule has 2 radical (unpaired) electrons. The summed E-state index contributed by atoms with van der Waals surface area (Å²) in [5.41, 5.74) is 0. The topological polar surface area (TPSA) is 0 Å². The number of hydrogen-bond acceptors (Lipinski definition) is 0. The summed E-state index contributed by atoms with van der Waals surface area (Å²) in [6.07, 6.45) is 0. The molecule has 2 heteroatoms. The van der Waals surface area contributed by atoms with Gasteiger partial charge in [-0.3, -0.25) is 0 Å². The van der Waals surface area contributed by atoms with Gasteiger partial charge in [0.25, 0.3) is 0 Å². The average Bonchev–Trinajstić information content (AvgIpc) is 0. The molecule has 0 aromatic heterocycles. The Labute approximate surface area is 51.1 Å². The van der Waals surface area contributed by atoms with Crippen molar-refractivity contribution in [2.45, 2.75) is 0 Å².